The first-order valence-electron chi connectivity index (χ1n) is 4.94. The fourth-order valence-corrected chi connectivity index (χ4v) is 2.10. The lowest BCUT2D eigenvalue weighted by Gasteiger charge is -2.36. The van der Waals surface area contributed by atoms with Gasteiger partial charge in [-0.15, -0.1) is 0 Å². The highest BCUT2D eigenvalue weighted by molar-refractivity contribution is 5.37. The minimum Gasteiger partial charge on any atom is -0.309 e. The van der Waals surface area contributed by atoms with Crippen LogP contribution in [0.3, 0.4) is 0 Å². The molecule has 0 bridgehead atoms. The van der Waals surface area contributed by atoms with E-state index in [0.717, 1.165) is 6.54 Å². The molecule has 0 spiro atoms. The molecule has 0 aromatic heterocycles. The van der Waals surface area contributed by atoms with Crippen molar-refractivity contribution < 1.29 is 0 Å². The highest BCUT2D eigenvalue weighted by Gasteiger charge is 2.29. The summed E-state index contributed by atoms with van der Waals surface area (Å²) in [6, 6.07) is 9.25. The molecule has 0 aliphatic carbocycles. The second kappa shape index (κ2) is 2.85. The molecule has 0 saturated heterocycles. The van der Waals surface area contributed by atoms with E-state index in [1.165, 1.54) is 11.1 Å². The minimum atomic E-state index is 0.281. The summed E-state index contributed by atoms with van der Waals surface area (Å²) in [6.45, 7) is 7.90. The van der Waals surface area contributed by atoms with Gasteiger partial charge in [0.15, 0.2) is 0 Å². The van der Waals surface area contributed by atoms with Gasteiger partial charge >= 0.3 is 0 Å². The van der Waals surface area contributed by atoms with E-state index < -0.39 is 0 Å². The Bertz CT molecular complexity index is 315. The molecule has 0 unspecified atom stereocenters. The maximum atomic E-state index is 3.53. The smallest absolute Gasteiger partial charge is 0.0295 e. The monoisotopic (exact) mass is 175 g/mol. The Morgan fingerprint density at radius 3 is 2.69 bits per heavy atom. The average molecular weight is 175 g/mol. The van der Waals surface area contributed by atoms with Crippen molar-refractivity contribution in [2.24, 2.45) is 0 Å². The van der Waals surface area contributed by atoms with E-state index in [4.69, 9.17) is 0 Å². The first-order valence-corrected chi connectivity index (χ1v) is 4.94. The predicted octanol–water partition coefficient (Wildman–Crippen LogP) is 2.63. The number of benzene rings is 1. The molecule has 2 rings (SSSR count). The van der Waals surface area contributed by atoms with Crippen molar-refractivity contribution in [3.8, 4) is 0 Å². The van der Waals surface area contributed by atoms with Crippen LogP contribution in [0.1, 0.15) is 37.9 Å². The summed E-state index contributed by atoms with van der Waals surface area (Å²) < 4.78 is 0. The molecule has 0 fully saturated rings. The SMILES string of the molecule is C[C@@H]1NCC(C)(C)c2ccccc21. The van der Waals surface area contributed by atoms with Crippen molar-refractivity contribution in [3.63, 3.8) is 0 Å². The second-order valence-corrected chi connectivity index (χ2v) is 4.57. The lowest BCUT2D eigenvalue weighted by Crippen LogP contribution is -2.40. The molecule has 1 aromatic carbocycles. The molecule has 13 heavy (non-hydrogen) atoms. The molecule has 1 N–H and O–H groups in total. The summed E-state index contributed by atoms with van der Waals surface area (Å²) >= 11 is 0. The van der Waals surface area contributed by atoms with Crippen LogP contribution in [0.5, 0.6) is 0 Å². The third-order valence-electron chi connectivity index (χ3n) is 3.01. The van der Waals surface area contributed by atoms with Crippen molar-refractivity contribution >= 4 is 0 Å². The van der Waals surface area contributed by atoms with Crippen LogP contribution in [0.15, 0.2) is 24.3 Å². The van der Waals surface area contributed by atoms with Crippen molar-refractivity contribution in [2.75, 3.05) is 6.54 Å². The van der Waals surface area contributed by atoms with E-state index in [1.807, 2.05) is 0 Å². The van der Waals surface area contributed by atoms with Crippen LogP contribution in [0, 0.1) is 0 Å². The fourth-order valence-electron chi connectivity index (χ4n) is 2.10. The molecule has 1 heterocycles. The van der Waals surface area contributed by atoms with Gasteiger partial charge < -0.3 is 5.32 Å². The van der Waals surface area contributed by atoms with Crippen LogP contribution in [0.2, 0.25) is 0 Å². The topological polar surface area (TPSA) is 12.0 Å². The van der Waals surface area contributed by atoms with Gasteiger partial charge in [-0.2, -0.15) is 0 Å². The number of hydrogen-bond donors (Lipinski definition) is 1. The lowest BCUT2D eigenvalue weighted by molar-refractivity contribution is 0.395. The van der Waals surface area contributed by atoms with E-state index in [0.29, 0.717) is 6.04 Å². The van der Waals surface area contributed by atoms with E-state index in [1.54, 1.807) is 0 Å². The normalized spacial score (nSPS) is 25.3. The van der Waals surface area contributed by atoms with E-state index in [-0.39, 0.29) is 5.41 Å². The van der Waals surface area contributed by atoms with Gasteiger partial charge in [0, 0.05) is 18.0 Å². The summed E-state index contributed by atoms with van der Waals surface area (Å²) in [5.74, 6) is 0. The molecule has 0 amide bonds. The second-order valence-electron chi connectivity index (χ2n) is 4.57. The molecule has 1 aromatic rings. The average Bonchev–Trinajstić information content (AvgIpc) is 2.13. The van der Waals surface area contributed by atoms with Crippen molar-refractivity contribution in [2.45, 2.75) is 32.2 Å². The molecule has 1 aliphatic heterocycles. The van der Waals surface area contributed by atoms with Crippen LogP contribution in [-0.2, 0) is 5.41 Å². The molecule has 1 heteroatoms. The zero-order valence-electron chi connectivity index (χ0n) is 8.59. The van der Waals surface area contributed by atoms with Crippen LogP contribution in [0.25, 0.3) is 0 Å². The highest BCUT2D eigenvalue weighted by Crippen LogP contribution is 2.33. The van der Waals surface area contributed by atoms with Gasteiger partial charge in [-0.3, -0.25) is 0 Å². The zero-order chi connectivity index (χ0) is 9.47. The van der Waals surface area contributed by atoms with Gasteiger partial charge in [0.1, 0.15) is 0 Å². The quantitative estimate of drug-likeness (QED) is 0.639. The fraction of sp³-hybridized carbons (Fsp3) is 0.500. The van der Waals surface area contributed by atoms with Crippen molar-refractivity contribution in [1.29, 1.82) is 0 Å². The van der Waals surface area contributed by atoms with E-state index in [9.17, 15) is 0 Å². The Labute approximate surface area is 80.2 Å². The van der Waals surface area contributed by atoms with Crippen molar-refractivity contribution in [1.82, 2.24) is 5.32 Å². The van der Waals surface area contributed by atoms with Crippen LogP contribution in [0.4, 0.5) is 0 Å². The molecule has 1 aliphatic rings. The number of nitrogens with one attached hydrogen (secondary N) is 1. The first-order chi connectivity index (χ1) is 6.11. The minimum absolute atomic E-state index is 0.281. The Kier molecular flexibility index (Phi) is 1.92. The Hall–Kier alpha value is -0.820. The molecule has 0 radical (unpaired) electrons. The highest BCUT2D eigenvalue weighted by atomic mass is 14.9. The number of hydrogen-bond acceptors (Lipinski definition) is 1. The number of rotatable bonds is 0. The zero-order valence-corrected chi connectivity index (χ0v) is 8.59. The van der Waals surface area contributed by atoms with Gasteiger partial charge in [0.05, 0.1) is 0 Å². The van der Waals surface area contributed by atoms with Crippen LogP contribution >= 0.6 is 0 Å². The number of fused-ring (bicyclic) bond motifs is 1. The predicted molar refractivity (Wildman–Crippen MR) is 55.9 cm³/mol. The lowest BCUT2D eigenvalue weighted by atomic mass is 9.77. The Balaban J connectivity index is 2.55. The van der Waals surface area contributed by atoms with E-state index in [2.05, 4.69) is 50.4 Å². The van der Waals surface area contributed by atoms with Crippen LogP contribution in [-0.4, -0.2) is 6.54 Å². The Morgan fingerprint density at radius 1 is 1.31 bits per heavy atom. The molecular formula is C12H17N. The molecule has 0 saturated carbocycles. The largest absolute Gasteiger partial charge is 0.309 e. The van der Waals surface area contributed by atoms with Crippen LogP contribution < -0.4 is 5.32 Å². The van der Waals surface area contributed by atoms with Gasteiger partial charge in [-0.25, -0.2) is 0 Å². The summed E-state index contributed by atoms with van der Waals surface area (Å²) in [7, 11) is 0. The van der Waals surface area contributed by atoms with E-state index >= 15 is 0 Å². The molecule has 70 valence electrons. The van der Waals surface area contributed by atoms with Gasteiger partial charge in [-0.05, 0) is 18.1 Å². The van der Waals surface area contributed by atoms with Gasteiger partial charge in [0.25, 0.3) is 0 Å². The third kappa shape index (κ3) is 1.37. The van der Waals surface area contributed by atoms with Gasteiger partial charge in [0.2, 0.25) is 0 Å². The molecular weight excluding hydrogens is 158 g/mol. The maximum Gasteiger partial charge on any atom is 0.0295 e. The summed E-state index contributed by atoms with van der Waals surface area (Å²) in [6.07, 6.45) is 0. The third-order valence-corrected chi connectivity index (χ3v) is 3.01. The Morgan fingerprint density at radius 2 is 2.00 bits per heavy atom. The summed E-state index contributed by atoms with van der Waals surface area (Å²) in [4.78, 5) is 0. The maximum absolute atomic E-state index is 3.53. The summed E-state index contributed by atoms with van der Waals surface area (Å²) in [5.41, 5.74) is 3.24. The summed E-state index contributed by atoms with van der Waals surface area (Å²) in [5, 5.41) is 3.53. The standard InChI is InChI=1S/C12H17N/c1-9-10-6-4-5-7-11(10)12(2,3)8-13-9/h4-7,9,13H,8H2,1-3H3/t9-/m0/s1. The first kappa shape index (κ1) is 8.76. The molecule has 1 atom stereocenters. The molecule has 1 nitrogen and oxygen atoms in total. The van der Waals surface area contributed by atoms with Gasteiger partial charge in [-0.1, -0.05) is 38.1 Å². The van der Waals surface area contributed by atoms with Crippen molar-refractivity contribution in [3.05, 3.63) is 35.4 Å².